The van der Waals surface area contributed by atoms with E-state index in [9.17, 15) is 4.79 Å². The van der Waals surface area contributed by atoms with Crippen molar-refractivity contribution in [2.45, 2.75) is 6.54 Å². The lowest BCUT2D eigenvalue weighted by molar-refractivity contribution is -0.116. The summed E-state index contributed by atoms with van der Waals surface area (Å²) in [5, 5.41) is 10.8. The first-order chi connectivity index (χ1) is 11.3. The smallest absolute Gasteiger partial charge is 0.244 e. The summed E-state index contributed by atoms with van der Waals surface area (Å²) in [5.41, 5.74) is 2.53. The largest absolute Gasteiger partial charge is 0.347 e. The maximum Gasteiger partial charge on any atom is 0.244 e. The topological polar surface area (TPSA) is 72.7 Å². The molecule has 6 heteroatoms. The van der Waals surface area contributed by atoms with E-state index < -0.39 is 0 Å². The minimum absolute atomic E-state index is 0.174. The van der Waals surface area contributed by atoms with Crippen LogP contribution in [0.2, 0.25) is 0 Å². The van der Waals surface area contributed by atoms with Gasteiger partial charge >= 0.3 is 0 Å². The molecule has 1 N–H and O–H groups in total. The average Bonchev–Trinajstić information content (AvgIpc) is 3.09. The van der Waals surface area contributed by atoms with Crippen molar-refractivity contribution in [3.63, 3.8) is 0 Å². The second kappa shape index (κ2) is 7.13. The second-order valence-electron chi connectivity index (χ2n) is 4.82. The van der Waals surface area contributed by atoms with Gasteiger partial charge in [0.15, 0.2) is 0 Å². The molecular formula is C17H15N5O. The highest BCUT2D eigenvalue weighted by atomic mass is 16.1. The molecular weight excluding hydrogens is 290 g/mol. The monoisotopic (exact) mass is 305 g/mol. The maximum atomic E-state index is 11.8. The zero-order valence-corrected chi connectivity index (χ0v) is 12.3. The summed E-state index contributed by atoms with van der Waals surface area (Å²) in [6.07, 6.45) is 8.42. The molecule has 0 aliphatic carbocycles. The molecule has 23 heavy (non-hydrogen) atoms. The van der Waals surface area contributed by atoms with Gasteiger partial charge in [-0.2, -0.15) is 0 Å². The van der Waals surface area contributed by atoms with Gasteiger partial charge in [-0.05, 0) is 23.8 Å². The summed E-state index contributed by atoms with van der Waals surface area (Å²) in [5.74, 6) is -0.174. The van der Waals surface area contributed by atoms with Crippen LogP contribution in [0.25, 0.3) is 11.8 Å². The minimum atomic E-state index is -0.174. The number of hydrogen-bond acceptors (Lipinski definition) is 4. The van der Waals surface area contributed by atoms with Gasteiger partial charge in [-0.25, -0.2) is 4.68 Å². The number of rotatable bonds is 5. The average molecular weight is 305 g/mol. The Kier molecular flexibility index (Phi) is 4.54. The van der Waals surface area contributed by atoms with Crippen LogP contribution in [-0.2, 0) is 11.3 Å². The number of aromatic nitrogens is 4. The number of nitrogens with zero attached hydrogens (tertiary/aromatic N) is 4. The van der Waals surface area contributed by atoms with Crippen LogP contribution in [0.1, 0.15) is 11.3 Å². The zero-order chi connectivity index (χ0) is 15.9. The van der Waals surface area contributed by atoms with E-state index in [0.29, 0.717) is 12.2 Å². The molecule has 1 amide bonds. The van der Waals surface area contributed by atoms with Crippen molar-refractivity contribution in [1.29, 1.82) is 0 Å². The first-order valence-corrected chi connectivity index (χ1v) is 7.14. The van der Waals surface area contributed by atoms with Crippen molar-refractivity contribution >= 4 is 12.0 Å². The highest BCUT2D eigenvalue weighted by Gasteiger charge is 2.03. The Morgan fingerprint density at radius 3 is 2.70 bits per heavy atom. The Bertz CT molecular complexity index is 796. The number of nitrogens with one attached hydrogen (secondary N) is 1. The maximum absolute atomic E-state index is 11.8. The van der Waals surface area contributed by atoms with Crippen LogP contribution in [0.3, 0.4) is 0 Å². The predicted octanol–water partition coefficient (Wildman–Crippen LogP) is 1.99. The Morgan fingerprint density at radius 2 is 1.91 bits per heavy atom. The van der Waals surface area contributed by atoms with E-state index in [0.717, 1.165) is 11.3 Å². The quantitative estimate of drug-likeness (QED) is 0.732. The number of carbonyl (C=O) groups excluding carboxylic acids is 1. The highest BCUT2D eigenvalue weighted by molar-refractivity contribution is 5.91. The third-order valence-corrected chi connectivity index (χ3v) is 3.14. The van der Waals surface area contributed by atoms with Gasteiger partial charge in [0.05, 0.1) is 18.4 Å². The molecule has 0 aliphatic rings. The van der Waals surface area contributed by atoms with Crippen molar-refractivity contribution < 1.29 is 4.79 Å². The van der Waals surface area contributed by atoms with Crippen molar-refractivity contribution in [1.82, 2.24) is 25.3 Å². The van der Waals surface area contributed by atoms with Gasteiger partial charge in [0.25, 0.3) is 0 Å². The van der Waals surface area contributed by atoms with Crippen LogP contribution >= 0.6 is 0 Å². The van der Waals surface area contributed by atoms with Gasteiger partial charge in [0.1, 0.15) is 5.69 Å². The molecule has 6 nitrogen and oxygen atoms in total. The third-order valence-electron chi connectivity index (χ3n) is 3.14. The molecule has 0 radical (unpaired) electrons. The fourth-order valence-electron chi connectivity index (χ4n) is 1.98. The van der Waals surface area contributed by atoms with E-state index in [1.807, 2.05) is 42.5 Å². The fraction of sp³-hybridized carbons (Fsp3) is 0.0588. The molecule has 0 bridgehead atoms. The first kappa shape index (κ1) is 14.6. The van der Waals surface area contributed by atoms with Crippen molar-refractivity contribution in [2.75, 3.05) is 0 Å². The number of amides is 1. The van der Waals surface area contributed by atoms with Crippen LogP contribution in [0, 0.1) is 0 Å². The molecule has 0 fully saturated rings. The minimum Gasteiger partial charge on any atom is -0.347 e. The summed E-state index contributed by atoms with van der Waals surface area (Å²) >= 11 is 0. The highest BCUT2D eigenvalue weighted by Crippen LogP contribution is 2.04. The SMILES string of the molecule is O=C(/C=C/c1ccccc1)NCc1cn(-c2ccncc2)nn1. The van der Waals surface area contributed by atoms with E-state index in [1.165, 1.54) is 6.08 Å². The van der Waals surface area contributed by atoms with E-state index in [4.69, 9.17) is 0 Å². The summed E-state index contributed by atoms with van der Waals surface area (Å²) in [6, 6.07) is 13.3. The van der Waals surface area contributed by atoms with Gasteiger partial charge < -0.3 is 5.32 Å². The van der Waals surface area contributed by atoms with Gasteiger partial charge in [-0.15, -0.1) is 5.10 Å². The van der Waals surface area contributed by atoms with Crippen molar-refractivity contribution in [3.05, 3.63) is 78.4 Å². The van der Waals surface area contributed by atoms with Gasteiger partial charge in [-0.1, -0.05) is 35.5 Å². The number of benzene rings is 1. The standard InChI is InChI=1S/C17H15N5O/c23-17(7-6-14-4-2-1-3-5-14)19-12-15-13-22(21-20-15)16-8-10-18-11-9-16/h1-11,13H,12H2,(H,19,23)/b7-6+. The van der Waals surface area contributed by atoms with Crippen molar-refractivity contribution in [2.24, 2.45) is 0 Å². The van der Waals surface area contributed by atoms with Crippen LogP contribution in [0.5, 0.6) is 0 Å². The summed E-state index contributed by atoms with van der Waals surface area (Å²) in [7, 11) is 0. The summed E-state index contributed by atoms with van der Waals surface area (Å²) < 4.78 is 1.64. The van der Waals surface area contributed by atoms with Gasteiger partial charge in [0.2, 0.25) is 5.91 Å². The molecule has 114 valence electrons. The first-order valence-electron chi connectivity index (χ1n) is 7.14. The molecule has 2 heterocycles. The fourth-order valence-corrected chi connectivity index (χ4v) is 1.98. The van der Waals surface area contributed by atoms with Crippen LogP contribution in [0.4, 0.5) is 0 Å². The molecule has 3 rings (SSSR count). The molecule has 0 unspecified atom stereocenters. The van der Waals surface area contributed by atoms with E-state index >= 15 is 0 Å². The van der Waals surface area contributed by atoms with Crippen LogP contribution in [-0.4, -0.2) is 25.9 Å². The van der Waals surface area contributed by atoms with E-state index in [1.54, 1.807) is 29.3 Å². The van der Waals surface area contributed by atoms with Crippen LogP contribution in [0.15, 0.2) is 67.1 Å². The molecule has 0 spiro atoms. The molecule has 1 aromatic carbocycles. The summed E-state index contributed by atoms with van der Waals surface area (Å²) in [4.78, 5) is 15.8. The molecule has 0 saturated heterocycles. The lowest BCUT2D eigenvalue weighted by Crippen LogP contribution is -2.20. The number of pyridine rings is 1. The number of hydrogen-bond donors (Lipinski definition) is 1. The Balaban J connectivity index is 1.55. The van der Waals surface area contributed by atoms with E-state index in [-0.39, 0.29) is 5.91 Å². The summed E-state index contributed by atoms with van der Waals surface area (Å²) in [6.45, 7) is 0.322. The van der Waals surface area contributed by atoms with Gasteiger partial charge in [-0.3, -0.25) is 9.78 Å². The van der Waals surface area contributed by atoms with Crippen molar-refractivity contribution in [3.8, 4) is 5.69 Å². The second-order valence-corrected chi connectivity index (χ2v) is 4.82. The predicted molar refractivity (Wildman–Crippen MR) is 86.5 cm³/mol. The molecule has 0 aliphatic heterocycles. The molecule has 3 aromatic rings. The van der Waals surface area contributed by atoms with Gasteiger partial charge in [0, 0.05) is 18.5 Å². The molecule has 0 atom stereocenters. The number of carbonyl (C=O) groups is 1. The molecule has 2 aromatic heterocycles. The van der Waals surface area contributed by atoms with Crippen LogP contribution < -0.4 is 5.32 Å². The molecule has 0 saturated carbocycles. The Labute approximate surface area is 133 Å². The normalized spacial score (nSPS) is 10.8. The Hall–Kier alpha value is -3.28. The lowest BCUT2D eigenvalue weighted by atomic mass is 10.2. The zero-order valence-electron chi connectivity index (χ0n) is 12.3. The van der Waals surface area contributed by atoms with E-state index in [2.05, 4.69) is 20.6 Å². The lowest BCUT2D eigenvalue weighted by Gasteiger charge is -1.98. The third kappa shape index (κ3) is 4.10. The Morgan fingerprint density at radius 1 is 1.13 bits per heavy atom.